The minimum Gasteiger partial charge on any atom is -0.505 e. The zero-order chi connectivity index (χ0) is 15.5. The van der Waals surface area contributed by atoms with Crippen molar-refractivity contribution < 1.29 is 13.5 Å². The van der Waals surface area contributed by atoms with Crippen molar-refractivity contribution in [3.8, 4) is 5.75 Å². The number of rotatable bonds is 5. The zero-order valence-corrected chi connectivity index (χ0v) is 13.1. The largest absolute Gasteiger partial charge is 0.505 e. The highest BCUT2D eigenvalue weighted by molar-refractivity contribution is 7.92. The van der Waals surface area contributed by atoms with Gasteiger partial charge in [0.05, 0.1) is 21.5 Å². The Morgan fingerprint density at radius 2 is 1.71 bits per heavy atom. The van der Waals surface area contributed by atoms with E-state index in [0.717, 1.165) is 5.56 Å². The lowest BCUT2D eigenvalue weighted by molar-refractivity contribution is 0.476. The van der Waals surface area contributed by atoms with E-state index in [1.807, 2.05) is 0 Å². The molecule has 8 heteroatoms. The molecule has 0 aliphatic carbocycles. The second kappa shape index (κ2) is 6.51. The molecular formula is C13H12Cl2N2O3S. The van der Waals surface area contributed by atoms with E-state index in [1.165, 1.54) is 12.1 Å². The van der Waals surface area contributed by atoms with E-state index in [1.54, 1.807) is 24.5 Å². The van der Waals surface area contributed by atoms with Gasteiger partial charge in [0.25, 0.3) is 0 Å². The van der Waals surface area contributed by atoms with Crippen molar-refractivity contribution in [3.63, 3.8) is 0 Å². The van der Waals surface area contributed by atoms with E-state index in [2.05, 4.69) is 9.71 Å². The Hall–Kier alpha value is -1.50. The van der Waals surface area contributed by atoms with E-state index in [9.17, 15) is 13.5 Å². The smallest absolute Gasteiger partial charge is 0.233 e. The zero-order valence-electron chi connectivity index (χ0n) is 10.8. The Morgan fingerprint density at radius 1 is 1.14 bits per heavy atom. The van der Waals surface area contributed by atoms with Crippen molar-refractivity contribution in [2.75, 3.05) is 10.5 Å². The van der Waals surface area contributed by atoms with Crippen LogP contribution in [0.3, 0.4) is 0 Å². The van der Waals surface area contributed by atoms with Gasteiger partial charge in [-0.1, -0.05) is 23.2 Å². The first kappa shape index (κ1) is 15.9. The summed E-state index contributed by atoms with van der Waals surface area (Å²) in [5.41, 5.74) is 1.08. The summed E-state index contributed by atoms with van der Waals surface area (Å²) < 4.78 is 26.4. The highest BCUT2D eigenvalue weighted by Crippen LogP contribution is 2.34. The van der Waals surface area contributed by atoms with Crippen LogP contribution in [0.1, 0.15) is 5.56 Å². The summed E-state index contributed by atoms with van der Waals surface area (Å²) in [7, 11) is -3.55. The van der Waals surface area contributed by atoms with Gasteiger partial charge in [-0.05, 0) is 36.2 Å². The predicted molar refractivity (Wildman–Crippen MR) is 83.5 cm³/mol. The van der Waals surface area contributed by atoms with Crippen molar-refractivity contribution in [1.29, 1.82) is 0 Å². The van der Waals surface area contributed by atoms with Gasteiger partial charge in [-0.15, -0.1) is 0 Å². The molecule has 0 unspecified atom stereocenters. The number of sulfonamides is 1. The fourth-order valence-electron chi connectivity index (χ4n) is 1.66. The molecule has 21 heavy (non-hydrogen) atoms. The van der Waals surface area contributed by atoms with Gasteiger partial charge in [0.1, 0.15) is 0 Å². The molecule has 2 rings (SSSR count). The van der Waals surface area contributed by atoms with Gasteiger partial charge in [-0.2, -0.15) is 0 Å². The first-order valence-corrected chi connectivity index (χ1v) is 8.35. The predicted octanol–water partition coefficient (Wildman–Crippen LogP) is 3.08. The third kappa shape index (κ3) is 4.49. The van der Waals surface area contributed by atoms with Crippen molar-refractivity contribution in [3.05, 3.63) is 52.3 Å². The van der Waals surface area contributed by atoms with Crippen LogP contribution in [0.4, 0.5) is 5.69 Å². The Labute approximate surface area is 132 Å². The van der Waals surface area contributed by atoms with Crippen LogP contribution in [0.15, 0.2) is 36.7 Å². The SMILES string of the molecule is O=S(=O)(CCc1ccncc1)Nc1cc(Cl)c(O)c(Cl)c1. The van der Waals surface area contributed by atoms with Crippen LogP contribution in [0.5, 0.6) is 5.75 Å². The summed E-state index contributed by atoms with van der Waals surface area (Å²) in [5.74, 6) is -0.370. The summed E-state index contributed by atoms with van der Waals surface area (Å²) >= 11 is 11.5. The van der Waals surface area contributed by atoms with Crippen molar-refractivity contribution in [2.45, 2.75) is 6.42 Å². The van der Waals surface area contributed by atoms with Crippen LogP contribution in [-0.2, 0) is 16.4 Å². The van der Waals surface area contributed by atoms with Gasteiger partial charge < -0.3 is 5.11 Å². The van der Waals surface area contributed by atoms with E-state index in [4.69, 9.17) is 23.2 Å². The van der Waals surface area contributed by atoms with Gasteiger partial charge in [-0.3, -0.25) is 9.71 Å². The number of halogens is 2. The number of aromatic nitrogens is 1. The van der Waals surface area contributed by atoms with Crippen LogP contribution in [-0.4, -0.2) is 24.3 Å². The molecule has 0 radical (unpaired) electrons. The molecule has 2 N–H and O–H groups in total. The number of anilines is 1. The molecule has 0 aliphatic rings. The quantitative estimate of drug-likeness (QED) is 0.815. The van der Waals surface area contributed by atoms with Gasteiger partial charge in [0.2, 0.25) is 10.0 Å². The summed E-state index contributed by atoms with van der Waals surface area (Å²) in [4.78, 5) is 3.87. The molecule has 0 spiro atoms. The average Bonchev–Trinajstić information content (AvgIpc) is 2.43. The van der Waals surface area contributed by atoms with Crippen LogP contribution < -0.4 is 4.72 Å². The molecule has 0 saturated heterocycles. The van der Waals surface area contributed by atoms with Gasteiger partial charge in [-0.25, -0.2) is 8.42 Å². The lowest BCUT2D eigenvalue weighted by Gasteiger charge is -2.10. The Balaban J connectivity index is 2.07. The topological polar surface area (TPSA) is 79.3 Å². The number of aryl methyl sites for hydroxylation is 1. The first-order chi connectivity index (χ1) is 9.87. The molecule has 0 atom stereocenters. The number of pyridine rings is 1. The molecule has 2 aromatic rings. The number of nitrogens with zero attached hydrogens (tertiary/aromatic N) is 1. The summed E-state index contributed by atoms with van der Waals surface area (Å²) in [6.45, 7) is 0. The van der Waals surface area contributed by atoms with Gasteiger partial charge >= 0.3 is 0 Å². The highest BCUT2D eigenvalue weighted by Gasteiger charge is 2.13. The van der Waals surface area contributed by atoms with Crippen LogP contribution in [0.25, 0.3) is 0 Å². The summed E-state index contributed by atoms with van der Waals surface area (Å²) in [5, 5.41) is 9.40. The Morgan fingerprint density at radius 3 is 2.29 bits per heavy atom. The maximum atomic E-state index is 12.0. The molecule has 5 nitrogen and oxygen atoms in total. The summed E-state index contributed by atoms with van der Waals surface area (Å²) in [6, 6.07) is 6.10. The van der Waals surface area contributed by atoms with Crippen molar-refractivity contribution in [2.24, 2.45) is 0 Å². The molecule has 0 saturated carbocycles. The average molecular weight is 347 g/mol. The second-order valence-corrected chi connectivity index (χ2v) is 6.97. The monoisotopic (exact) mass is 346 g/mol. The third-order valence-corrected chi connectivity index (χ3v) is 4.56. The van der Waals surface area contributed by atoms with E-state index in [-0.39, 0.29) is 27.2 Å². The van der Waals surface area contributed by atoms with Crippen LogP contribution in [0.2, 0.25) is 10.0 Å². The minimum absolute atomic E-state index is 0.0191. The molecule has 1 aromatic heterocycles. The molecule has 0 fully saturated rings. The minimum atomic E-state index is -3.55. The fraction of sp³-hybridized carbons (Fsp3) is 0.154. The number of benzene rings is 1. The molecule has 112 valence electrons. The molecule has 1 aromatic carbocycles. The number of hydrogen-bond acceptors (Lipinski definition) is 4. The number of nitrogens with one attached hydrogen (secondary N) is 1. The van der Waals surface area contributed by atoms with Crippen molar-refractivity contribution >= 4 is 38.9 Å². The fourth-order valence-corrected chi connectivity index (χ4v) is 3.23. The second-order valence-electron chi connectivity index (χ2n) is 4.31. The Bertz CT molecular complexity index is 713. The third-order valence-electron chi connectivity index (χ3n) is 2.70. The van der Waals surface area contributed by atoms with Gasteiger partial charge in [0.15, 0.2) is 5.75 Å². The van der Waals surface area contributed by atoms with Crippen LogP contribution in [0, 0.1) is 0 Å². The maximum absolute atomic E-state index is 12.0. The molecule has 1 heterocycles. The lowest BCUT2D eigenvalue weighted by atomic mass is 10.2. The maximum Gasteiger partial charge on any atom is 0.233 e. The highest BCUT2D eigenvalue weighted by atomic mass is 35.5. The van der Waals surface area contributed by atoms with Crippen molar-refractivity contribution in [1.82, 2.24) is 4.98 Å². The number of phenols is 1. The molecular weight excluding hydrogens is 335 g/mol. The molecule has 0 aliphatic heterocycles. The Kier molecular flexibility index (Phi) is 4.92. The molecule has 0 amide bonds. The number of aromatic hydroxyl groups is 1. The standard InChI is InChI=1S/C13H12Cl2N2O3S/c14-11-7-10(8-12(15)13(11)18)17-21(19,20)6-3-9-1-4-16-5-2-9/h1-2,4-5,7-8,17-18H,3,6H2. The van der Waals surface area contributed by atoms with E-state index in [0.29, 0.717) is 6.42 Å². The van der Waals surface area contributed by atoms with E-state index < -0.39 is 10.0 Å². The lowest BCUT2D eigenvalue weighted by Crippen LogP contribution is -2.18. The normalized spacial score (nSPS) is 11.3. The first-order valence-electron chi connectivity index (χ1n) is 5.95. The van der Waals surface area contributed by atoms with E-state index >= 15 is 0 Å². The molecule has 0 bridgehead atoms. The van der Waals surface area contributed by atoms with Crippen LogP contribution >= 0.6 is 23.2 Å². The number of phenolic OH excluding ortho intramolecular Hbond substituents is 1. The number of hydrogen-bond donors (Lipinski definition) is 2. The van der Waals surface area contributed by atoms with Gasteiger partial charge in [0, 0.05) is 12.4 Å². The summed E-state index contributed by atoms with van der Waals surface area (Å²) in [6.07, 6.45) is 3.57.